The predicted octanol–water partition coefficient (Wildman–Crippen LogP) is 6.06. The van der Waals surface area contributed by atoms with Gasteiger partial charge in [-0.15, -0.1) is 0 Å². The number of aromatic nitrogens is 1. The first kappa shape index (κ1) is 30.3. The fourth-order valence-corrected chi connectivity index (χ4v) is 6.30. The minimum absolute atomic E-state index is 0.142. The zero-order chi connectivity index (χ0) is 30.8. The number of hydrogen-bond donors (Lipinski definition) is 0. The lowest BCUT2D eigenvalue weighted by Crippen LogP contribution is -2.40. The third kappa shape index (κ3) is 5.88. The highest BCUT2D eigenvalue weighted by atomic mass is 35.5. The summed E-state index contributed by atoms with van der Waals surface area (Å²) in [6.07, 6.45) is 2.76. The Morgan fingerprint density at radius 1 is 1.19 bits per heavy atom. The Morgan fingerprint density at radius 3 is 2.65 bits per heavy atom. The predicted molar refractivity (Wildman–Crippen MR) is 163 cm³/mol. The van der Waals surface area contributed by atoms with Gasteiger partial charge in [0, 0.05) is 34.4 Å². The number of nitrogens with zero attached hydrogens (tertiary/aromatic N) is 3. The van der Waals surface area contributed by atoms with Crippen molar-refractivity contribution in [2.75, 3.05) is 13.7 Å². The molecular weight excluding hydrogens is 617 g/mol. The first-order chi connectivity index (χ1) is 20.7. The van der Waals surface area contributed by atoms with Crippen LogP contribution in [0.1, 0.15) is 44.1 Å². The zero-order valence-electron chi connectivity index (χ0n) is 23.3. The summed E-state index contributed by atoms with van der Waals surface area (Å²) in [5, 5.41) is 11.6. The number of allylic oxidation sites excluding steroid dienone is 1. The Hall–Kier alpha value is -4.19. The average Bonchev–Trinajstić information content (AvgIpc) is 3.56. The first-order valence-electron chi connectivity index (χ1n) is 13.3. The largest absolute Gasteiger partial charge is 0.496 e. The van der Waals surface area contributed by atoms with Gasteiger partial charge in [0.1, 0.15) is 23.3 Å². The van der Waals surface area contributed by atoms with E-state index in [2.05, 4.69) is 0 Å². The molecule has 222 valence electrons. The van der Waals surface area contributed by atoms with Crippen molar-refractivity contribution in [3.05, 3.63) is 111 Å². The molecule has 0 radical (unpaired) electrons. The number of ether oxygens (including phenoxy) is 2. The summed E-state index contributed by atoms with van der Waals surface area (Å²) >= 11 is 13.8. The smallest absolute Gasteiger partial charge is 0.338 e. The van der Waals surface area contributed by atoms with Gasteiger partial charge in [-0.3, -0.25) is 19.5 Å². The quantitative estimate of drug-likeness (QED) is 0.123. The maximum absolute atomic E-state index is 14.0. The molecule has 0 N–H and O–H groups in total. The van der Waals surface area contributed by atoms with E-state index in [1.54, 1.807) is 43.3 Å². The number of benzene rings is 2. The van der Waals surface area contributed by atoms with Gasteiger partial charge < -0.3 is 13.9 Å². The minimum atomic E-state index is -0.904. The summed E-state index contributed by atoms with van der Waals surface area (Å²) in [4.78, 5) is 43.1. The molecule has 0 aliphatic carbocycles. The fourth-order valence-electron chi connectivity index (χ4n) is 4.86. The van der Waals surface area contributed by atoms with Gasteiger partial charge in [-0.05, 0) is 49.7 Å². The normalized spacial score (nSPS) is 14.8. The van der Waals surface area contributed by atoms with Crippen LogP contribution in [0.25, 0.3) is 17.4 Å². The van der Waals surface area contributed by atoms with E-state index in [1.807, 2.05) is 6.92 Å². The van der Waals surface area contributed by atoms with Crippen molar-refractivity contribution >= 4 is 52.3 Å². The first-order valence-corrected chi connectivity index (χ1v) is 14.8. The number of rotatable bonds is 9. The lowest BCUT2D eigenvalue weighted by molar-refractivity contribution is -0.384. The van der Waals surface area contributed by atoms with Crippen molar-refractivity contribution in [3.63, 3.8) is 0 Å². The van der Waals surface area contributed by atoms with Crippen LogP contribution in [0.2, 0.25) is 10.0 Å². The Labute approximate surface area is 259 Å². The Kier molecular flexibility index (Phi) is 8.86. The molecule has 13 heteroatoms. The van der Waals surface area contributed by atoms with Gasteiger partial charge in [0.05, 0.1) is 39.5 Å². The van der Waals surface area contributed by atoms with E-state index < -0.39 is 22.5 Å². The lowest BCUT2D eigenvalue weighted by Gasteiger charge is -2.27. The second-order valence-corrected chi connectivity index (χ2v) is 11.3. The number of carbonyl (C=O) groups is 1. The molecule has 0 amide bonds. The second-order valence-electron chi connectivity index (χ2n) is 9.42. The van der Waals surface area contributed by atoms with Crippen LogP contribution >= 0.6 is 34.5 Å². The number of nitro benzene ring substituents is 1. The molecule has 4 aromatic rings. The number of carbonyl (C=O) groups excluding carboxylic acids is 1. The molecule has 5 rings (SSSR count). The highest BCUT2D eigenvalue weighted by Gasteiger charge is 2.36. The molecule has 10 nitrogen and oxygen atoms in total. The fraction of sp³-hybridized carbons (Fsp3) is 0.233. The van der Waals surface area contributed by atoms with Crippen molar-refractivity contribution in [3.8, 4) is 17.1 Å². The van der Waals surface area contributed by atoms with E-state index in [1.165, 1.54) is 29.9 Å². The van der Waals surface area contributed by atoms with E-state index in [0.717, 1.165) is 11.3 Å². The van der Waals surface area contributed by atoms with Gasteiger partial charge in [0.25, 0.3) is 11.2 Å². The number of non-ortho nitro benzene ring substituents is 1. The number of furan rings is 1. The number of esters is 1. The van der Waals surface area contributed by atoms with E-state index >= 15 is 0 Å². The Bertz CT molecular complexity index is 1960. The van der Waals surface area contributed by atoms with Gasteiger partial charge in [0.15, 0.2) is 4.80 Å². The molecule has 2 aromatic carbocycles. The van der Waals surface area contributed by atoms with Crippen LogP contribution in [0.3, 0.4) is 0 Å². The van der Waals surface area contributed by atoms with Gasteiger partial charge in [-0.1, -0.05) is 47.9 Å². The molecule has 1 aliphatic rings. The van der Waals surface area contributed by atoms with Crippen molar-refractivity contribution in [1.29, 1.82) is 0 Å². The lowest BCUT2D eigenvalue weighted by atomic mass is 9.93. The Balaban J connectivity index is 1.68. The molecule has 2 aromatic heterocycles. The van der Waals surface area contributed by atoms with Crippen LogP contribution in [0.4, 0.5) is 5.69 Å². The summed E-state index contributed by atoms with van der Waals surface area (Å²) in [5.41, 5.74) is 1.20. The molecule has 0 fully saturated rings. The van der Waals surface area contributed by atoms with Gasteiger partial charge in [0.2, 0.25) is 0 Å². The monoisotopic (exact) mass is 641 g/mol. The average molecular weight is 643 g/mol. The van der Waals surface area contributed by atoms with E-state index in [9.17, 15) is 19.7 Å². The number of thiazole rings is 1. The molecule has 0 bridgehead atoms. The van der Waals surface area contributed by atoms with Crippen LogP contribution in [0.5, 0.6) is 5.75 Å². The van der Waals surface area contributed by atoms with Crippen molar-refractivity contribution in [2.45, 2.75) is 32.7 Å². The standard InChI is InChI=1S/C30H25Cl2N3O7S/c1-4-6-22-26(29(37)41-5-2)27(20-13-16(31)7-11-23(20)40-3)34-28(36)25(43-30(34)33-22)15-18-9-12-24(42-18)19-10-8-17(35(38)39)14-21(19)32/h7-15,27H,4-6H2,1-3H3/b25-15+/t27-/m1/s1. The summed E-state index contributed by atoms with van der Waals surface area (Å²) in [7, 11) is 1.50. The Morgan fingerprint density at radius 2 is 1.98 bits per heavy atom. The SMILES string of the molecule is CCCC1=C(C(=O)OCC)[C@@H](c2cc(Cl)ccc2OC)n2c(s/c(=C/c3ccc(-c4ccc([N+](=O)[O-])cc4Cl)o3)c2=O)=N1. The third-order valence-electron chi connectivity index (χ3n) is 6.71. The van der Waals surface area contributed by atoms with Gasteiger partial charge >= 0.3 is 5.97 Å². The molecular formula is C30H25Cl2N3O7S. The summed E-state index contributed by atoms with van der Waals surface area (Å²) < 4.78 is 18.8. The summed E-state index contributed by atoms with van der Waals surface area (Å²) in [6.45, 7) is 3.83. The van der Waals surface area contributed by atoms with Crippen LogP contribution in [0, 0.1) is 10.1 Å². The maximum atomic E-state index is 14.0. The van der Waals surface area contributed by atoms with Gasteiger partial charge in [-0.2, -0.15) is 0 Å². The van der Waals surface area contributed by atoms with Crippen molar-refractivity contribution < 1.29 is 23.6 Å². The summed E-state index contributed by atoms with van der Waals surface area (Å²) in [5.74, 6) is 0.589. The molecule has 43 heavy (non-hydrogen) atoms. The van der Waals surface area contributed by atoms with Crippen molar-refractivity contribution in [1.82, 2.24) is 4.57 Å². The highest BCUT2D eigenvalue weighted by molar-refractivity contribution is 7.07. The molecule has 1 aliphatic heterocycles. The van der Waals surface area contributed by atoms with Crippen LogP contribution in [-0.4, -0.2) is 29.2 Å². The second kappa shape index (κ2) is 12.6. The molecule has 0 saturated carbocycles. The van der Waals surface area contributed by atoms with E-state index in [0.29, 0.717) is 61.3 Å². The van der Waals surface area contributed by atoms with E-state index in [4.69, 9.17) is 42.1 Å². The molecule has 3 heterocycles. The summed E-state index contributed by atoms with van der Waals surface area (Å²) in [6, 6.07) is 11.5. The molecule has 0 saturated heterocycles. The zero-order valence-corrected chi connectivity index (χ0v) is 25.6. The van der Waals surface area contributed by atoms with Crippen LogP contribution in [-0.2, 0) is 9.53 Å². The van der Waals surface area contributed by atoms with Crippen molar-refractivity contribution in [2.24, 2.45) is 4.99 Å². The molecule has 1 atom stereocenters. The third-order valence-corrected chi connectivity index (χ3v) is 8.24. The molecule has 0 unspecified atom stereocenters. The number of hydrogen-bond acceptors (Lipinski definition) is 9. The maximum Gasteiger partial charge on any atom is 0.338 e. The number of nitro groups is 1. The topological polar surface area (TPSA) is 126 Å². The van der Waals surface area contributed by atoms with Gasteiger partial charge in [-0.25, -0.2) is 9.79 Å². The molecule has 0 spiro atoms. The number of methoxy groups -OCH3 is 1. The van der Waals surface area contributed by atoms with E-state index in [-0.39, 0.29) is 22.9 Å². The minimum Gasteiger partial charge on any atom is -0.496 e. The van der Waals surface area contributed by atoms with Crippen LogP contribution < -0.4 is 19.6 Å². The van der Waals surface area contributed by atoms with Crippen LogP contribution in [0.15, 0.2) is 74.0 Å². The number of halogens is 2. The number of fused-ring (bicyclic) bond motifs is 1. The highest BCUT2D eigenvalue weighted by Crippen LogP contribution is 2.38.